The van der Waals surface area contributed by atoms with E-state index in [9.17, 15) is 22.8 Å². The van der Waals surface area contributed by atoms with Gasteiger partial charge in [-0.25, -0.2) is 0 Å². The van der Waals surface area contributed by atoms with E-state index in [1.165, 1.54) is 18.3 Å². The summed E-state index contributed by atoms with van der Waals surface area (Å²) in [6.07, 6.45) is 0.473. The van der Waals surface area contributed by atoms with Crippen molar-refractivity contribution in [2.24, 2.45) is 0 Å². The van der Waals surface area contributed by atoms with Gasteiger partial charge in [0.1, 0.15) is 5.56 Å². The Labute approximate surface area is 181 Å². The first kappa shape index (κ1) is 20.4. The van der Waals surface area contributed by atoms with Gasteiger partial charge >= 0.3 is 6.18 Å². The van der Waals surface area contributed by atoms with E-state index in [4.69, 9.17) is 5.73 Å². The van der Waals surface area contributed by atoms with Crippen LogP contribution in [0.5, 0.6) is 0 Å². The second kappa shape index (κ2) is 7.29. The lowest BCUT2D eigenvalue weighted by molar-refractivity contribution is -0.136. The summed E-state index contributed by atoms with van der Waals surface area (Å²) in [6, 6.07) is 9.12. The van der Waals surface area contributed by atoms with Gasteiger partial charge in [0.15, 0.2) is 0 Å². The molecule has 2 aliphatic heterocycles. The van der Waals surface area contributed by atoms with Gasteiger partial charge < -0.3 is 20.9 Å². The van der Waals surface area contributed by atoms with Crippen LogP contribution in [0, 0.1) is 0 Å². The molecule has 32 heavy (non-hydrogen) atoms. The maximum Gasteiger partial charge on any atom is 0.418 e. The second-order valence-electron chi connectivity index (χ2n) is 8.39. The number of H-pyrrole nitrogens is 1. The highest BCUT2D eigenvalue weighted by molar-refractivity contribution is 6.06. The average molecular weight is 442 g/mol. The topological polar surface area (TPSA) is 91.2 Å². The number of nitrogens with one attached hydrogen (secondary N) is 2. The molecular weight excluding hydrogens is 421 g/mol. The summed E-state index contributed by atoms with van der Waals surface area (Å²) in [6.45, 7) is 0. The smallest absolute Gasteiger partial charge is 0.399 e. The zero-order valence-corrected chi connectivity index (χ0v) is 17.0. The van der Waals surface area contributed by atoms with Gasteiger partial charge in [-0.3, -0.25) is 9.59 Å². The predicted molar refractivity (Wildman–Crippen MR) is 117 cm³/mol. The molecule has 5 rings (SSSR count). The largest absolute Gasteiger partial charge is 0.418 e. The number of benzene rings is 2. The zero-order valence-electron chi connectivity index (χ0n) is 17.0. The number of pyridine rings is 1. The monoisotopic (exact) mass is 442 g/mol. The van der Waals surface area contributed by atoms with Crippen LogP contribution in [0.4, 0.5) is 30.2 Å². The molecule has 2 fully saturated rings. The van der Waals surface area contributed by atoms with Crippen molar-refractivity contribution in [2.75, 3.05) is 16.0 Å². The van der Waals surface area contributed by atoms with Gasteiger partial charge in [-0.15, -0.1) is 0 Å². The van der Waals surface area contributed by atoms with Crippen LogP contribution in [0.3, 0.4) is 0 Å². The number of halogens is 3. The number of nitrogen functional groups attached to an aromatic ring is 1. The van der Waals surface area contributed by atoms with Crippen LogP contribution in [0.25, 0.3) is 10.9 Å². The number of carbonyl (C=O) groups excluding carboxylic acids is 1. The molecule has 6 nitrogen and oxygen atoms in total. The molecule has 2 aromatic carbocycles. The SMILES string of the molecule is Nc1ccc2[nH]cc(C(=O)Nc3ccc(N4C5CCC4CC5)cc3C(F)(F)F)c(=O)c2c1. The van der Waals surface area contributed by atoms with Crippen molar-refractivity contribution in [1.82, 2.24) is 4.98 Å². The molecule has 0 saturated carbocycles. The molecule has 0 aliphatic carbocycles. The highest BCUT2D eigenvalue weighted by Gasteiger charge is 2.41. The number of alkyl halides is 3. The Bertz CT molecular complexity index is 1260. The molecule has 0 atom stereocenters. The van der Waals surface area contributed by atoms with Gasteiger partial charge in [0.05, 0.1) is 11.3 Å². The van der Waals surface area contributed by atoms with Gasteiger partial charge in [-0.05, 0) is 62.1 Å². The fourth-order valence-corrected chi connectivity index (χ4v) is 4.97. The van der Waals surface area contributed by atoms with Gasteiger partial charge in [-0.1, -0.05) is 0 Å². The summed E-state index contributed by atoms with van der Waals surface area (Å²) in [5, 5.41) is 2.47. The van der Waals surface area contributed by atoms with Crippen LogP contribution in [0.1, 0.15) is 41.6 Å². The summed E-state index contributed by atoms with van der Waals surface area (Å²) in [4.78, 5) is 30.4. The summed E-state index contributed by atoms with van der Waals surface area (Å²) in [7, 11) is 0. The van der Waals surface area contributed by atoms with Crippen molar-refractivity contribution >= 4 is 33.9 Å². The fraction of sp³-hybridized carbons (Fsp3) is 0.304. The number of nitrogens with two attached hydrogens (primary N) is 1. The van der Waals surface area contributed by atoms with E-state index in [1.54, 1.807) is 18.2 Å². The van der Waals surface area contributed by atoms with Crippen molar-refractivity contribution in [2.45, 2.75) is 43.9 Å². The van der Waals surface area contributed by atoms with E-state index in [0.29, 0.717) is 16.9 Å². The standard InChI is InChI=1S/C23H21F3N4O2/c24-23(25,26)18-10-15(30-13-2-3-14(30)5-4-13)6-8-20(18)29-22(32)17-11-28-19-7-1-12(27)9-16(19)21(17)31/h1,6-11,13-14H,2-5,27H2,(H,28,31)(H,29,32). The summed E-state index contributed by atoms with van der Waals surface area (Å²) < 4.78 is 41.6. The van der Waals surface area contributed by atoms with Crippen molar-refractivity contribution in [3.8, 4) is 0 Å². The molecular formula is C23H21F3N4O2. The minimum Gasteiger partial charge on any atom is -0.399 e. The Morgan fingerprint density at radius 1 is 1.06 bits per heavy atom. The molecule has 2 saturated heterocycles. The predicted octanol–water partition coefficient (Wildman–Crippen LogP) is 4.51. The van der Waals surface area contributed by atoms with E-state index in [-0.39, 0.29) is 28.7 Å². The Hall–Kier alpha value is -3.49. The molecule has 3 aromatic rings. The van der Waals surface area contributed by atoms with E-state index in [1.807, 2.05) is 0 Å². The third-order valence-corrected chi connectivity index (χ3v) is 6.46. The molecule has 2 bridgehead atoms. The van der Waals surface area contributed by atoms with Crippen LogP contribution in [0.15, 0.2) is 47.4 Å². The molecule has 4 N–H and O–H groups in total. The lowest BCUT2D eigenvalue weighted by Crippen LogP contribution is -2.28. The van der Waals surface area contributed by atoms with E-state index < -0.39 is 23.1 Å². The number of aromatic nitrogens is 1. The van der Waals surface area contributed by atoms with Crippen molar-refractivity contribution in [1.29, 1.82) is 0 Å². The van der Waals surface area contributed by atoms with Crippen LogP contribution >= 0.6 is 0 Å². The van der Waals surface area contributed by atoms with Crippen molar-refractivity contribution in [3.05, 3.63) is 63.9 Å². The number of aromatic amines is 1. The molecule has 0 spiro atoms. The number of hydrogen-bond donors (Lipinski definition) is 3. The van der Waals surface area contributed by atoms with Crippen molar-refractivity contribution in [3.63, 3.8) is 0 Å². The number of fused-ring (bicyclic) bond motifs is 3. The number of amides is 1. The van der Waals surface area contributed by atoms with Crippen LogP contribution in [0.2, 0.25) is 0 Å². The molecule has 0 unspecified atom stereocenters. The molecule has 1 amide bonds. The highest BCUT2D eigenvalue weighted by Crippen LogP contribution is 2.44. The van der Waals surface area contributed by atoms with Gasteiger partial charge in [0.25, 0.3) is 5.91 Å². The Kier molecular flexibility index (Phi) is 4.65. The second-order valence-corrected chi connectivity index (χ2v) is 8.39. The first-order valence-corrected chi connectivity index (χ1v) is 10.4. The quantitative estimate of drug-likeness (QED) is 0.521. The molecule has 1 aromatic heterocycles. The number of anilines is 3. The highest BCUT2D eigenvalue weighted by atomic mass is 19.4. The first-order valence-electron chi connectivity index (χ1n) is 10.4. The zero-order chi connectivity index (χ0) is 22.6. The number of rotatable bonds is 3. The normalized spacial score (nSPS) is 20.2. The molecule has 9 heteroatoms. The van der Waals surface area contributed by atoms with Gasteiger partial charge in [0.2, 0.25) is 5.43 Å². The average Bonchev–Trinajstić information content (AvgIpc) is 3.34. The van der Waals surface area contributed by atoms with Crippen LogP contribution in [-0.2, 0) is 6.18 Å². The third-order valence-electron chi connectivity index (χ3n) is 6.46. The first-order chi connectivity index (χ1) is 15.2. The van der Waals surface area contributed by atoms with E-state index in [0.717, 1.165) is 31.7 Å². The maximum atomic E-state index is 13.9. The minimum atomic E-state index is -4.67. The maximum absolute atomic E-state index is 13.9. The molecule has 3 heterocycles. The van der Waals surface area contributed by atoms with Crippen molar-refractivity contribution < 1.29 is 18.0 Å². The minimum absolute atomic E-state index is 0.188. The summed E-state index contributed by atoms with van der Waals surface area (Å²) in [5.74, 6) is -0.921. The van der Waals surface area contributed by atoms with Crippen LogP contribution in [-0.4, -0.2) is 23.0 Å². The lowest BCUT2D eigenvalue weighted by Gasteiger charge is -2.26. The van der Waals surface area contributed by atoms with E-state index >= 15 is 0 Å². The Morgan fingerprint density at radius 3 is 2.41 bits per heavy atom. The number of nitrogens with zero attached hydrogens (tertiary/aromatic N) is 1. The third kappa shape index (κ3) is 3.37. The molecule has 166 valence electrons. The summed E-state index contributed by atoms with van der Waals surface area (Å²) in [5.41, 5.74) is 4.82. The lowest BCUT2D eigenvalue weighted by atomic mass is 10.0. The Balaban J connectivity index is 1.50. The molecule has 0 radical (unpaired) electrons. The van der Waals surface area contributed by atoms with E-state index in [2.05, 4.69) is 15.2 Å². The Morgan fingerprint density at radius 2 is 1.75 bits per heavy atom. The van der Waals surface area contributed by atoms with Crippen LogP contribution < -0.4 is 21.4 Å². The van der Waals surface area contributed by atoms with Gasteiger partial charge in [0, 0.05) is 40.6 Å². The number of carbonyl (C=O) groups is 1. The summed E-state index contributed by atoms with van der Waals surface area (Å²) >= 11 is 0. The molecule has 2 aliphatic rings. The van der Waals surface area contributed by atoms with Gasteiger partial charge in [-0.2, -0.15) is 13.2 Å². The number of hydrogen-bond acceptors (Lipinski definition) is 4. The fourth-order valence-electron chi connectivity index (χ4n) is 4.97.